The summed E-state index contributed by atoms with van der Waals surface area (Å²) in [7, 11) is 0. The number of fused-ring (bicyclic) bond motifs is 3. The maximum atomic E-state index is 15.2. The van der Waals surface area contributed by atoms with Crippen LogP contribution in [0.25, 0.3) is 50.3 Å². The number of aliphatic imine (C=N–C) groups is 1. The van der Waals surface area contributed by atoms with Crippen molar-refractivity contribution in [1.82, 2.24) is 19.9 Å². The number of H-pyrrole nitrogens is 2. The normalized spacial score (nSPS) is 11.7. The predicted octanol–water partition coefficient (Wildman–Crippen LogP) is 8.13. The highest BCUT2D eigenvalue weighted by molar-refractivity contribution is 6.15. The number of imidazole rings is 2. The van der Waals surface area contributed by atoms with Crippen LogP contribution in [0.4, 0.5) is 10.1 Å². The molecule has 5 nitrogen and oxygen atoms in total. The molecule has 0 atom stereocenters. The van der Waals surface area contributed by atoms with Crippen LogP contribution in [0.1, 0.15) is 56.7 Å². The molecule has 3 aromatic carbocycles. The van der Waals surface area contributed by atoms with Crippen molar-refractivity contribution in [1.29, 1.82) is 0 Å². The number of rotatable bonds is 6. The van der Waals surface area contributed by atoms with E-state index in [2.05, 4.69) is 47.1 Å². The second-order valence-electron chi connectivity index (χ2n) is 9.42. The fourth-order valence-corrected chi connectivity index (χ4v) is 4.49. The SMILES string of the molecule is C=Cc1c(N=C)c2cc(-c3ccc(-c4cnc(C(C)C)[nH]4)c(F)c3)ccc2c2nc(C(C)C)[nH]c12. The molecule has 0 aliphatic rings. The Hall–Kier alpha value is -4.06. The second kappa shape index (κ2) is 8.62. The van der Waals surface area contributed by atoms with Crippen LogP contribution in [0.5, 0.6) is 0 Å². The summed E-state index contributed by atoms with van der Waals surface area (Å²) in [5.41, 5.74) is 6.20. The molecule has 0 spiro atoms. The largest absolute Gasteiger partial charge is 0.342 e. The summed E-state index contributed by atoms with van der Waals surface area (Å²) >= 11 is 0. The maximum absolute atomic E-state index is 15.2. The molecular formula is C29H28FN5. The van der Waals surface area contributed by atoms with Crippen molar-refractivity contribution in [3.8, 4) is 22.4 Å². The van der Waals surface area contributed by atoms with E-state index in [-0.39, 0.29) is 17.7 Å². The van der Waals surface area contributed by atoms with Gasteiger partial charge in [0.05, 0.1) is 28.6 Å². The number of aromatic amines is 2. The summed E-state index contributed by atoms with van der Waals surface area (Å²) < 4.78 is 15.2. The highest BCUT2D eigenvalue weighted by Gasteiger charge is 2.18. The highest BCUT2D eigenvalue weighted by atomic mass is 19.1. The summed E-state index contributed by atoms with van der Waals surface area (Å²) in [6.45, 7) is 16.1. The quantitative estimate of drug-likeness (QED) is 0.249. The Bertz CT molecular complexity index is 1600. The van der Waals surface area contributed by atoms with E-state index < -0.39 is 0 Å². The first-order valence-corrected chi connectivity index (χ1v) is 11.8. The monoisotopic (exact) mass is 465 g/mol. The third-order valence-corrected chi connectivity index (χ3v) is 6.42. The van der Waals surface area contributed by atoms with Crippen LogP contribution in [0, 0.1) is 5.82 Å². The van der Waals surface area contributed by atoms with E-state index in [1.807, 2.05) is 38.1 Å². The first-order valence-electron chi connectivity index (χ1n) is 11.8. The summed E-state index contributed by atoms with van der Waals surface area (Å²) in [4.78, 5) is 20.2. The minimum Gasteiger partial charge on any atom is -0.342 e. The van der Waals surface area contributed by atoms with E-state index in [9.17, 15) is 0 Å². The van der Waals surface area contributed by atoms with Gasteiger partial charge in [-0.25, -0.2) is 14.4 Å². The van der Waals surface area contributed by atoms with Crippen LogP contribution in [0.3, 0.4) is 0 Å². The van der Waals surface area contributed by atoms with Crippen molar-refractivity contribution in [2.75, 3.05) is 0 Å². The van der Waals surface area contributed by atoms with Crippen LogP contribution in [-0.4, -0.2) is 26.7 Å². The number of nitrogens with zero attached hydrogens (tertiary/aromatic N) is 3. The van der Waals surface area contributed by atoms with Crippen molar-refractivity contribution in [3.05, 3.63) is 72.2 Å². The number of aromatic nitrogens is 4. The van der Waals surface area contributed by atoms with Crippen molar-refractivity contribution in [2.45, 2.75) is 39.5 Å². The molecule has 2 aromatic heterocycles. The summed E-state index contributed by atoms with van der Waals surface area (Å²) in [5.74, 6) is 1.94. The van der Waals surface area contributed by atoms with E-state index >= 15 is 4.39 Å². The lowest BCUT2D eigenvalue weighted by atomic mass is 9.96. The third kappa shape index (κ3) is 3.75. The smallest absolute Gasteiger partial charge is 0.133 e. The van der Waals surface area contributed by atoms with E-state index in [0.29, 0.717) is 11.3 Å². The van der Waals surface area contributed by atoms with Crippen LogP contribution >= 0.6 is 0 Å². The average Bonchev–Trinajstić information content (AvgIpc) is 3.51. The first kappa shape index (κ1) is 22.7. The molecule has 0 aliphatic carbocycles. The Balaban J connectivity index is 1.66. The van der Waals surface area contributed by atoms with Crippen molar-refractivity contribution >= 4 is 40.3 Å². The Labute approximate surface area is 203 Å². The standard InChI is InChI=1S/C29H28FN5/c1-7-19-25(31-6)22-12-17(8-10-20(22)27-26(19)34-29(35-27)16(4)5)18-9-11-21(23(30)13-18)24-14-32-28(33-24)15(2)3/h7-16H,1,6H2,2-5H3,(H,32,33)(H,34,35). The van der Waals surface area contributed by atoms with E-state index in [1.54, 1.807) is 24.4 Å². The van der Waals surface area contributed by atoms with E-state index in [4.69, 9.17) is 4.98 Å². The lowest BCUT2D eigenvalue weighted by Crippen LogP contribution is -1.91. The predicted molar refractivity (Wildman–Crippen MR) is 144 cm³/mol. The van der Waals surface area contributed by atoms with Gasteiger partial charge in [-0.1, -0.05) is 58.5 Å². The van der Waals surface area contributed by atoms with Gasteiger partial charge < -0.3 is 9.97 Å². The Morgan fingerprint density at radius 3 is 2.29 bits per heavy atom. The van der Waals surface area contributed by atoms with Crippen LogP contribution < -0.4 is 0 Å². The van der Waals surface area contributed by atoms with Crippen LogP contribution in [0.2, 0.25) is 0 Å². The Morgan fingerprint density at radius 2 is 1.66 bits per heavy atom. The summed E-state index contributed by atoms with van der Waals surface area (Å²) in [6, 6.07) is 11.3. The van der Waals surface area contributed by atoms with E-state index in [1.165, 1.54) is 0 Å². The molecule has 5 rings (SSSR count). The number of halogens is 1. The Kier molecular flexibility index (Phi) is 5.59. The molecule has 0 bridgehead atoms. The first-order chi connectivity index (χ1) is 16.8. The van der Waals surface area contributed by atoms with Gasteiger partial charge in [0.2, 0.25) is 0 Å². The molecule has 5 aromatic rings. The topological polar surface area (TPSA) is 69.7 Å². The molecular weight excluding hydrogens is 437 g/mol. The molecule has 0 saturated heterocycles. The van der Waals surface area contributed by atoms with Gasteiger partial charge in [-0.3, -0.25) is 4.99 Å². The fourth-order valence-electron chi connectivity index (χ4n) is 4.49. The molecule has 0 radical (unpaired) electrons. The summed E-state index contributed by atoms with van der Waals surface area (Å²) in [6.07, 6.45) is 3.47. The zero-order chi connectivity index (χ0) is 24.9. The van der Waals surface area contributed by atoms with Crippen molar-refractivity contribution in [2.24, 2.45) is 4.99 Å². The fraction of sp³-hybridized carbons (Fsp3) is 0.207. The van der Waals surface area contributed by atoms with Crippen LogP contribution in [-0.2, 0) is 0 Å². The van der Waals surface area contributed by atoms with Gasteiger partial charge in [0.15, 0.2) is 0 Å². The lowest BCUT2D eigenvalue weighted by molar-refractivity contribution is 0.631. The lowest BCUT2D eigenvalue weighted by Gasteiger charge is -2.11. The van der Waals surface area contributed by atoms with Gasteiger partial charge in [-0.2, -0.15) is 0 Å². The number of benzene rings is 3. The van der Waals surface area contributed by atoms with Gasteiger partial charge in [-0.15, -0.1) is 0 Å². The minimum atomic E-state index is -0.306. The Morgan fingerprint density at radius 1 is 0.943 bits per heavy atom. The molecule has 0 amide bonds. The minimum absolute atomic E-state index is 0.245. The van der Waals surface area contributed by atoms with Crippen LogP contribution in [0.15, 0.2) is 54.2 Å². The molecule has 0 unspecified atom stereocenters. The average molecular weight is 466 g/mol. The molecule has 176 valence electrons. The van der Waals surface area contributed by atoms with Gasteiger partial charge in [0.25, 0.3) is 0 Å². The van der Waals surface area contributed by atoms with Crippen molar-refractivity contribution in [3.63, 3.8) is 0 Å². The molecule has 0 aliphatic heterocycles. The zero-order valence-electron chi connectivity index (χ0n) is 20.4. The molecule has 2 N–H and O–H groups in total. The number of nitrogens with one attached hydrogen (secondary N) is 2. The maximum Gasteiger partial charge on any atom is 0.133 e. The zero-order valence-corrected chi connectivity index (χ0v) is 20.4. The molecule has 35 heavy (non-hydrogen) atoms. The van der Waals surface area contributed by atoms with Gasteiger partial charge >= 0.3 is 0 Å². The molecule has 0 saturated carbocycles. The molecule has 6 heteroatoms. The molecule has 2 heterocycles. The van der Waals surface area contributed by atoms with Gasteiger partial charge in [-0.05, 0) is 36.0 Å². The molecule has 0 fully saturated rings. The number of hydrogen-bond donors (Lipinski definition) is 2. The summed E-state index contributed by atoms with van der Waals surface area (Å²) in [5, 5.41) is 1.87. The van der Waals surface area contributed by atoms with Gasteiger partial charge in [0.1, 0.15) is 17.5 Å². The van der Waals surface area contributed by atoms with Crippen molar-refractivity contribution < 1.29 is 4.39 Å². The second-order valence-corrected chi connectivity index (χ2v) is 9.42. The van der Waals surface area contributed by atoms with Gasteiger partial charge in [0, 0.05) is 33.7 Å². The third-order valence-electron chi connectivity index (χ3n) is 6.42. The number of hydrogen-bond acceptors (Lipinski definition) is 3. The highest BCUT2D eigenvalue weighted by Crippen LogP contribution is 2.40. The van der Waals surface area contributed by atoms with E-state index in [0.717, 1.165) is 55.8 Å².